The molecular weight excluding hydrogens is 381 g/mol. The van der Waals surface area contributed by atoms with E-state index in [1.165, 1.54) is 16.7 Å². The average Bonchev–Trinajstić information content (AvgIpc) is 3.14. The second-order valence-corrected chi connectivity index (χ2v) is 8.08. The van der Waals surface area contributed by atoms with Crippen LogP contribution < -0.4 is 34.7 Å². The fraction of sp³-hybridized carbons (Fsp3) is 0.588. The van der Waals surface area contributed by atoms with Gasteiger partial charge in [-0.15, -0.1) is 11.8 Å². The minimum atomic E-state index is -1.36. The Kier molecular flexibility index (Phi) is 7.57. The number of carboxylic acid groups (broad SMARTS) is 1. The largest absolute Gasteiger partial charge is 1.00 e. The molecule has 0 unspecified atom stereocenters. The molecule has 0 saturated carbocycles. The van der Waals surface area contributed by atoms with Gasteiger partial charge in [0.2, 0.25) is 5.91 Å². The van der Waals surface area contributed by atoms with Crippen molar-refractivity contribution in [1.82, 2.24) is 15.1 Å². The van der Waals surface area contributed by atoms with Crippen LogP contribution in [0.1, 0.15) is 19.5 Å². The third-order valence-corrected chi connectivity index (χ3v) is 6.41. The molecule has 0 bridgehead atoms. The average molecular weight is 403 g/mol. The summed E-state index contributed by atoms with van der Waals surface area (Å²) in [6, 6.07) is 1.52. The van der Waals surface area contributed by atoms with Gasteiger partial charge in [0.1, 0.15) is 0 Å². The molecule has 3 heterocycles. The van der Waals surface area contributed by atoms with Crippen LogP contribution in [0, 0.1) is 11.8 Å². The number of carboxylic acids is 1. The summed E-state index contributed by atoms with van der Waals surface area (Å²) in [5.74, 6) is -2.49. The van der Waals surface area contributed by atoms with E-state index in [2.05, 4.69) is 10.2 Å². The molecule has 2 aliphatic rings. The minimum Gasteiger partial charge on any atom is -0.543 e. The van der Waals surface area contributed by atoms with Crippen LogP contribution in [0.4, 0.5) is 0 Å². The van der Waals surface area contributed by atoms with Gasteiger partial charge in [0.15, 0.2) is 0 Å². The molecule has 27 heavy (non-hydrogen) atoms. The van der Waals surface area contributed by atoms with Crippen LogP contribution in [-0.2, 0) is 20.7 Å². The number of aromatic amines is 1. The number of thioether (sulfide) groups is 1. The number of hydrogen-bond donors (Lipinski definition) is 2. The number of aromatic nitrogens is 2. The topological polar surface area (TPSA) is 119 Å². The number of β-lactam (4-membered cyclic amide) rings is 1. The Morgan fingerprint density at radius 3 is 2.78 bits per heavy atom. The van der Waals surface area contributed by atoms with Crippen LogP contribution in [0.2, 0.25) is 0 Å². The summed E-state index contributed by atoms with van der Waals surface area (Å²) in [6.07, 6.45) is 1.46. The van der Waals surface area contributed by atoms with Crippen molar-refractivity contribution in [3.63, 3.8) is 0 Å². The molecule has 3 rings (SSSR count). The number of nitrogens with zero attached hydrogens (tertiary/aromatic N) is 2. The smallest absolute Gasteiger partial charge is 0.543 e. The fourth-order valence-corrected chi connectivity index (χ4v) is 5.29. The van der Waals surface area contributed by atoms with E-state index in [1.807, 2.05) is 13.0 Å². The maximum absolute atomic E-state index is 12.4. The SMILES string of the molecule is COC[C@@H](Cc1ccn[nH]1)SC1=C(C(=O)[O-])N2C(=O)[C@H]([C@@H](C)O)[C@H]2[C@H]1C.[Na+]. The van der Waals surface area contributed by atoms with Crippen LogP contribution in [0.15, 0.2) is 22.9 Å². The Labute approximate surface area is 184 Å². The predicted molar refractivity (Wildman–Crippen MR) is 92.5 cm³/mol. The predicted octanol–water partition coefficient (Wildman–Crippen LogP) is -3.48. The van der Waals surface area contributed by atoms with Gasteiger partial charge in [-0.2, -0.15) is 5.10 Å². The van der Waals surface area contributed by atoms with E-state index >= 15 is 0 Å². The van der Waals surface area contributed by atoms with Crippen LogP contribution in [0.5, 0.6) is 0 Å². The summed E-state index contributed by atoms with van der Waals surface area (Å²) in [7, 11) is 1.59. The first-order valence-corrected chi connectivity index (χ1v) is 9.35. The number of H-pyrrole nitrogens is 1. The monoisotopic (exact) mass is 403 g/mol. The van der Waals surface area contributed by atoms with Crippen LogP contribution in [0.25, 0.3) is 0 Å². The molecule has 0 radical (unpaired) electrons. The summed E-state index contributed by atoms with van der Waals surface area (Å²) in [4.78, 5) is 26.0. The molecule has 1 aromatic heterocycles. The van der Waals surface area contributed by atoms with Crippen LogP contribution in [0.3, 0.4) is 0 Å². The van der Waals surface area contributed by atoms with E-state index in [9.17, 15) is 19.8 Å². The number of ether oxygens (including phenoxy) is 1. The molecule has 0 spiro atoms. The number of aliphatic hydroxyl groups excluding tert-OH is 1. The molecule has 142 valence electrons. The first-order valence-electron chi connectivity index (χ1n) is 8.47. The molecule has 10 heteroatoms. The maximum Gasteiger partial charge on any atom is 1.00 e. The maximum atomic E-state index is 12.4. The second-order valence-electron chi connectivity index (χ2n) is 6.74. The van der Waals surface area contributed by atoms with E-state index in [1.54, 1.807) is 20.2 Å². The van der Waals surface area contributed by atoms with Crippen molar-refractivity contribution in [1.29, 1.82) is 0 Å². The van der Waals surface area contributed by atoms with Gasteiger partial charge in [-0.1, -0.05) is 6.92 Å². The van der Waals surface area contributed by atoms with Gasteiger partial charge >= 0.3 is 29.6 Å². The van der Waals surface area contributed by atoms with Crippen molar-refractivity contribution in [3.05, 3.63) is 28.6 Å². The number of methoxy groups -OCH3 is 1. The molecule has 1 amide bonds. The van der Waals surface area contributed by atoms with Gasteiger partial charge in [0.05, 0.1) is 36.3 Å². The van der Waals surface area contributed by atoms with Crippen molar-refractivity contribution >= 4 is 23.6 Å². The molecule has 0 aromatic carbocycles. The van der Waals surface area contributed by atoms with Gasteiger partial charge in [0.25, 0.3) is 0 Å². The number of rotatable bonds is 8. The van der Waals surface area contributed by atoms with Crippen molar-refractivity contribution in [2.24, 2.45) is 11.8 Å². The standard InChI is InChI=1S/C17H23N3O5S.Na/c1-8-13-12(9(2)21)16(22)20(13)14(17(23)24)15(8)26-11(7-25-3)6-10-4-5-18-19-10;/h4-5,8-9,11-13,21H,6-7H2,1-3H3,(H,18,19)(H,23,24);/q;+1/p-1/t8-,9-,11-,12-,13-;/m1./s1. The molecule has 8 nitrogen and oxygen atoms in total. The number of hydrogen-bond acceptors (Lipinski definition) is 7. The molecule has 5 atom stereocenters. The normalized spacial score (nSPS) is 26.3. The van der Waals surface area contributed by atoms with E-state index in [4.69, 9.17) is 4.74 Å². The van der Waals surface area contributed by atoms with Gasteiger partial charge in [0, 0.05) is 41.5 Å². The van der Waals surface area contributed by atoms with Crippen LogP contribution in [-0.4, -0.2) is 63.2 Å². The number of aliphatic hydroxyl groups is 1. The quantitative estimate of drug-likeness (QED) is 0.342. The Bertz CT molecular complexity index is 724. The molecule has 2 aliphatic heterocycles. The Morgan fingerprint density at radius 2 is 2.26 bits per heavy atom. The number of aliphatic carboxylic acids is 1. The van der Waals surface area contributed by atoms with Crippen molar-refractivity contribution in [3.8, 4) is 0 Å². The minimum absolute atomic E-state index is 0. The van der Waals surface area contributed by atoms with Gasteiger partial charge in [-0.25, -0.2) is 0 Å². The number of carbonyl (C=O) groups excluding carboxylic acids is 2. The molecule has 1 aromatic rings. The van der Waals surface area contributed by atoms with Gasteiger partial charge in [-0.3, -0.25) is 9.89 Å². The van der Waals surface area contributed by atoms with E-state index in [0.29, 0.717) is 17.9 Å². The summed E-state index contributed by atoms with van der Waals surface area (Å²) in [5.41, 5.74) is 0.849. The third-order valence-electron chi connectivity index (χ3n) is 4.95. The zero-order chi connectivity index (χ0) is 19.0. The van der Waals surface area contributed by atoms with Gasteiger partial charge in [-0.05, 0) is 13.0 Å². The van der Waals surface area contributed by atoms with Crippen molar-refractivity contribution in [2.75, 3.05) is 13.7 Å². The summed E-state index contributed by atoms with van der Waals surface area (Å²) >= 11 is 1.39. The molecule has 0 aliphatic carbocycles. The van der Waals surface area contributed by atoms with E-state index < -0.39 is 18.0 Å². The summed E-state index contributed by atoms with van der Waals surface area (Å²) < 4.78 is 5.28. The molecular formula is C17H22N3NaO5S. The Hall–Kier alpha value is -0.840. The third kappa shape index (κ3) is 4.13. The van der Waals surface area contributed by atoms with Crippen molar-refractivity contribution in [2.45, 2.75) is 37.7 Å². The number of carbonyl (C=O) groups is 2. The van der Waals surface area contributed by atoms with Crippen molar-refractivity contribution < 1.29 is 54.1 Å². The second kappa shape index (κ2) is 9.11. The zero-order valence-electron chi connectivity index (χ0n) is 15.8. The van der Waals surface area contributed by atoms with E-state index in [-0.39, 0.29) is 58.4 Å². The first-order chi connectivity index (χ1) is 12.4. The van der Waals surface area contributed by atoms with Gasteiger partial charge < -0.3 is 24.6 Å². The summed E-state index contributed by atoms with van der Waals surface area (Å²) in [5, 5.41) is 28.4. The van der Waals surface area contributed by atoms with Crippen LogP contribution >= 0.6 is 11.8 Å². The number of amides is 1. The first kappa shape index (κ1) is 22.4. The summed E-state index contributed by atoms with van der Waals surface area (Å²) in [6.45, 7) is 3.86. The molecule has 1 saturated heterocycles. The zero-order valence-corrected chi connectivity index (χ0v) is 18.7. The Balaban J connectivity index is 0.00000261. The molecule has 1 fully saturated rings. The number of fused-ring (bicyclic) bond motifs is 1. The number of nitrogens with one attached hydrogen (secondary N) is 1. The van der Waals surface area contributed by atoms with E-state index in [0.717, 1.165) is 5.69 Å². The Morgan fingerprint density at radius 1 is 1.56 bits per heavy atom. The molecule has 2 N–H and O–H groups in total. The fourth-order valence-electron chi connectivity index (χ4n) is 3.81.